The van der Waals surface area contributed by atoms with Gasteiger partial charge in [0.1, 0.15) is 6.10 Å². The van der Waals surface area contributed by atoms with Crippen LogP contribution in [0.3, 0.4) is 0 Å². The molecule has 0 spiro atoms. The molecule has 58 heavy (non-hydrogen) atoms. The van der Waals surface area contributed by atoms with Crippen LogP contribution in [-0.2, 0) is 23.4 Å². The lowest BCUT2D eigenvalue weighted by Gasteiger charge is -2.58. The molecule has 336 valence electrons. The summed E-state index contributed by atoms with van der Waals surface area (Å²) in [7, 11) is -4.84. The van der Waals surface area contributed by atoms with Gasteiger partial charge in [-0.25, -0.2) is 9.36 Å². The van der Waals surface area contributed by atoms with Crippen LogP contribution in [-0.4, -0.2) is 52.4 Å². The molecule has 0 heterocycles. The SMILES string of the molecule is CCCCCCCC/C=C\CCCCCCCCOC(C(=O)O)C(COP(=O)(O)O)OC1CC[C@@]2(C)C(=CCC3C2CC[C@@]2(C)C3CC[C@@H]2[C@H](C)CCCC(C)C)C1. The number of fused-ring (bicyclic) bond motifs is 5. The molecule has 0 aliphatic heterocycles. The van der Waals surface area contributed by atoms with E-state index >= 15 is 0 Å². The van der Waals surface area contributed by atoms with Crippen LogP contribution >= 0.6 is 7.82 Å². The number of hydrogen-bond acceptors (Lipinski definition) is 5. The molecule has 0 bridgehead atoms. The molecule has 0 aromatic rings. The molecule has 6 unspecified atom stereocenters. The van der Waals surface area contributed by atoms with Crippen LogP contribution in [0, 0.1) is 46.3 Å². The number of phosphoric ester groups is 1. The van der Waals surface area contributed by atoms with Crippen molar-refractivity contribution >= 4 is 13.8 Å². The minimum Gasteiger partial charge on any atom is -0.479 e. The van der Waals surface area contributed by atoms with Crippen molar-refractivity contribution < 1.29 is 38.3 Å². The van der Waals surface area contributed by atoms with Crippen LogP contribution in [0.15, 0.2) is 23.8 Å². The molecule has 10 atom stereocenters. The standard InChI is InChI=1S/C49H87O8P/c1-7-8-9-10-11-12-13-14-15-16-17-18-19-20-21-22-34-55-46(47(50)51)45(36-56-58(52,53)54)57-40-30-32-48(5)39(35-40)26-27-41-43-29-28-42(38(4)25-23-24-37(2)3)49(43,6)33-31-44(41)48/h14-15,26,37-38,40-46H,7-13,16-25,27-36H2,1-6H3,(H,50,51)(H2,52,53,54)/b15-14-/t38-,40?,41?,42-,43?,44?,45?,46?,48+,49-/m1/s1. The van der Waals surface area contributed by atoms with Crippen molar-refractivity contribution in [2.45, 2.75) is 220 Å². The van der Waals surface area contributed by atoms with Crippen molar-refractivity contribution in [3.63, 3.8) is 0 Å². The van der Waals surface area contributed by atoms with Gasteiger partial charge in [-0.05, 0) is 130 Å². The number of carboxylic acids is 1. The Kier molecular flexibility index (Phi) is 21.0. The molecular weight excluding hydrogens is 748 g/mol. The van der Waals surface area contributed by atoms with E-state index in [2.05, 4.69) is 59.8 Å². The van der Waals surface area contributed by atoms with Gasteiger partial charge in [0, 0.05) is 6.61 Å². The highest BCUT2D eigenvalue weighted by Crippen LogP contribution is 2.67. The van der Waals surface area contributed by atoms with Crippen LogP contribution < -0.4 is 0 Å². The molecule has 4 aliphatic carbocycles. The van der Waals surface area contributed by atoms with E-state index in [0.717, 1.165) is 75.0 Å². The number of unbranched alkanes of at least 4 members (excludes halogenated alkanes) is 12. The average molecular weight is 835 g/mol. The van der Waals surface area contributed by atoms with Gasteiger partial charge < -0.3 is 24.4 Å². The van der Waals surface area contributed by atoms with E-state index in [-0.39, 0.29) is 18.1 Å². The Labute approximate surface area is 354 Å². The molecule has 0 saturated heterocycles. The highest BCUT2D eigenvalue weighted by molar-refractivity contribution is 7.46. The summed E-state index contributed by atoms with van der Waals surface area (Å²) in [5, 5.41) is 10.2. The summed E-state index contributed by atoms with van der Waals surface area (Å²) in [6.07, 6.45) is 34.0. The molecule has 0 amide bonds. The monoisotopic (exact) mass is 835 g/mol. The average Bonchev–Trinajstić information content (AvgIpc) is 3.53. The number of aliphatic carboxylic acids is 1. The summed E-state index contributed by atoms with van der Waals surface area (Å²) in [6, 6.07) is 0. The Morgan fingerprint density at radius 3 is 2.14 bits per heavy atom. The lowest BCUT2D eigenvalue weighted by atomic mass is 9.47. The molecule has 4 aliphatic rings. The lowest BCUT2D eigenvalue weighted by molar-refractivity contribution is -0.172. The fourth-order valence-corrected chi connectivity index (χ4v) is 12.6. The van der Waals surface area contributed by atoms with E-state index in [0.29, 0.717) is 23.7 Å². The van der Waals surface area contributed by atoms with E-state index in [4.69, 9.17) is 14.0 Å². The zero-order chi connectivity index (χ0) is 42.2. The molecule has 0 radical (unpaired) electrons. The maximum Gasteiger partial charge on any atom is 0.469 e. The second-order valence-electron chi connectivity index (χ2n) is 20.2. The Bertz CT molecular complexity index is 1310. The maximum atomic E-state index is 12.5. The van der Waals surface area contributed by atoms with Crippen molar-refractivity contribution in [1.82, 2.24) is 0 Å². The van der Waals surface area contributed by atoms with Crippen molar-refractivity contribution in [2.75, 3.05) is 13.2 Å². The van der Waals surface area contributed by atoms with Gasteiger partial charge in [0.2, 0.25) is 0 Å². The summed E-state index contributed by atoms with van der Waals surface area (Å²) >= 11 is 0. The quantitative estimate of drug-likeness (QED) is 0.0387. The number of allylic oxidation sites excluding steroid dienone is 3. The van der Waals surface area contributed by atoms with Crippen LogP contribution in [0.5, 0.6) is 0 Å². The van der Waals surface area contributed by atoms with Gasteiger partial charge in [0.05, 0.1) is 12.7 Å². The number of carbonyl (C=O) groups is 1. The Balaban J connectivity index is 1.24. The van der Waals surface area contributed by atoms with E-state index in [1.54, 1.807) is 0 Å². The van der Waals surface area contributed by atoms with Gasteiger partial charge in [-0.1, -0.05) is 142 Å². The van der Waals surface area contributed by atoms with Crippen molar-refractivity contribution in [2.24, 2.45) is 46.3 Å². The van der Waals surface area contributed by atoms with Gasteiger partial charge in [0.15, 0.2) is 6.10 Å². The smallest absolute Gasteiger partial charge is 0.469 e. The third kappa shape index (κ3) is 14.8. The number of ether oxygens (including phenoxy) is 2. The van der Waals surface area contributed by atoms with Crippen LogP contribution in [0.2, 0.25) is 0 Å². The summed E-state index contributed by atoms with van der Waals surface area (Å²) in [4.78, 5) is 31.6. The Hall–Kier alpha value is -1.02. The van der Waals surface area contributed by atoms with Crippen LogP contribution in [0.25, 0.3) is 0 Å². The molecule has 8 nitrogen and oxygen atoms in total. The van der Waals surface area contributed by atoms with E-state index < -0.39 is 32.6 Å². The first-order valence-corrected chi connectivity index (χ1v) is 25.8. The first-order chi connectivity index (χ1) is 27.7. The summed E-state index contributed by atoms with van der Waals surface area (Å²) < 4.78 is 29.0. The zero-order valence-electron chi connectivity index (χ0n) is 37.9. The Morgan fingerprint density at radius 1 is 0.845 bits per heavy atom. The van der Waals surface area contributed by atoms with E-state index in [9.17, 15) is 24.3 Å². The lowest BCUT2D eigenvalue weighted by Crippen LogP contribution is -2.51. The molecule has 4 rings (SSSR count). The molecule has 9 heteroatoms. The van der Waals surface area contributed by atoms with E-state index in [1.807, 2.05) is 0 Å². The van der Waals surface area contributed by atoms with Crippen molar-refractivity contribution in [3.8, 4) is 0 Å². The fraction of sp³-hybridized carbons (Fsp3) is 0.898. The van der Waals surface area contributed by atoms with Gasteiger partial charge in [0.25, 0.3) is 0 Å². The van der Waals surface area contributed by atoms with Crippen molar-refractivity contribution in [3.05, 3.63) is 23.8 Å². The molecule has 0 aromatic heterocycles. The predicted molar refractivity (Wildman–Crippen MR) is 237 cm³/mol. The second-order valence-corrected chi connectivity index (χ2v) is 21.4. The van der Waals surface area contributed by atoms with Crippen LogP contribution in [0.4, 0.5) is 0 Å². The van der Waals surface area contributed by atoms with Crippen molar-refractivity contribution in [1.29, 1.82) is 0 Å². The minimum absolute atomic E-state index is 0.107. The summed E-state index contributed by atoms with van der Waals surface area (Å²) in [5.74, 6) is 3.35. The van der Waals surface area contributed by atoms with Gasteiger partial charge >= 0.3 is 13.8 Å². The minimum atomic E-state index is -4.84. The fourth-order valence-electron chi connectivity index (χ4n) is 12.3. The normalized spacial score (nSPS) is 30.2. The topological polar surface area (TPSA) is 123 Å². The first-order valence-electron chi connectivity index (χ1n) is 24.2. The summed E-state index contributed by atoms with van der Waals surface area (Å²) in [5.41, 5.74) is 1.97. The van der Waals surface area contributed by atoms with Gasteiger partial charge in [-0.3, -0.25) is 4.52 Å². The first kappa shape index (κ1) is 49.6. The molecule has 3 saturated carbocycles. The van der Waals surface area contributed by atoms with Crippen LogP contribution in [0.1, 0.15) is 202 Å². The third-order valence-electron chi connectivity index (χ3n) is 15.6. The maximum absolute atomic E-state index is 12.5. The second kappa shape index (κ2) is 24.6. The largest absolute Gasteiger partial charge is 0.479 e. The molecule has 3 N–H and O–H groups in total. The molecule has 3 fully saturated rings. The number of carboxylic acid groups (broad SMARTS) is 1. The zero-order valence-corrected chi connectivity index (χ0v) is 38.7. The Morgan fingerprint density at radius 2 is 1.50 bits per heavy atom. The molecular formula is C49H87O8P. The van der Waals surface area contributed by atoms with Gasteiger partial charge in [-0.2, -0.15) is 0 Å². The molecule has 0 aromatic carbocycles. The number of phosphoric acid groups is 1. The number of rotatable bonds is 29. The predicted octanol–water partition coefficient (Wildman–Crippen LogP) is 13.4. The number of hydrogen-bond donors (Lipinski definition) is 3. The third-order valence-corrected chi connectivity index (χ3v) is 16.1. The highest BCUT2D eigenvalue weighted by Gasteiger charge is 2.59. The summed E-state index contributed by atoms with van der Waals surface area (Å²) in [6.45, 7) is 14.3. The van der Waals surface area contributed by atoms with E-state index in [1.165, 1.54) is 108 Å². The van der Waals surface area contributed by atoms with Gasteiger partial charge in [-0.15, -0.1) is 0 Å². The highest BCUT2D eigenvalue weighted by atomic mass is 31.2.